The first-order chi connectivity index (χ1) is 17.6. The Bertz CT molecular complexity index is 1170. The van der Waals surface area contributed by atoms with E-state index in [0.717, 1.165) is 31.9 Å². The molecule has 0 spiro atoms. The predicted octanol–water partition coefficient (Wildman–Crippen LogP) is 5.41. The van der Waals surface area contributed by atoms with Crippen molar-refractivity contribution in [3.63, 3.8) is 0 Å². The number of carbonyl (C=O) groups is 2. The lowest BCUT2D eigenvalue weighted by molar-refractivity contribution is -0.141. The summed E-state index contributed by atoms with van der Waals surface area (Å²) in [6.45, 7) is 2.00. The zero-order valence-electron chi connectivity index (χ0n) is 21.3. The molecule has 0 aliphatic heterocycles. The maximum atomic E-state index is 13.4. The fraction of sp³-hybridized carbons (Fsp3) is 0.481. The van der Waals surface area contributed by atoms with Gasteiger partial charge in [-0.15, -0.1) is 0 Å². The maximum absolute atomic E-state index is 13.4. The number of hydrogen-bond acceptors (Lipinski definition) is 4. The van der Waals surface area contributed by atoms with Crippen LogP contribution in [-0.4, -0.2) is 50.0 Å². The molecule has 1 saturated carbocycles. The molecular formula is C27H35Cl2N3O4S. The lowest BCUT2D eigenvalue weighted by Crippen LogP contribution is -2.50. The van der Waals surface area contributed by atoms with Gasteiger partial charge in [-0.05, 0) is 56.0 Å². The highest BCUT2D eigenvalue weighted by Gasteiger charge is 2.29. The second kappa shape index (κ2) is 13.5. The molecule has 0 radical (unpaired) electrons. The molecule has 37 heavy (non-hydrogen) atoms. The number of rotatable bonds is 11. The van der Waals surface area contributed by atoms with Crippen molar-refractivity contribution in [2.24, 2.45) is 0 Å². The predicted molar refractivity (Wildman–Crippen MR) is 149 cm³/mol. The minimum atomic E-state index is -3.53. The van der Waals surface area contributed by atoms with Crippen LogP contribution < -0.4 is 9.62 Å². The van der Waals surface area contributed by atoms with Crippen molar-refractivity contribution in [2.45, 2.75) is 70.5 Å². The second-order valence-corrected chi connectivity index (χ2v) is 12.3. The number of nitrogens with one attached hydrogen (secondary N) is 1. The number of halogens is 2. The Labute approximate surface area is 230 Å². The van der Waals surface area contributed by atoms with E-state index in [1.165, 1.54) is 15.6 Å². The van der Waals surface area contributed by atoms with Gasteiger partial charge in [0.1, 0.15) is 6.04 Å². The van der Waals surface area contributed by atoms with E-state index in [0.29, 0.717) is 27.7 Å². The minimum absolute atomic E-state index is 0.0745. The standard InChI is InChI=1S/C27H35Cl2N3O4S/c1-20(27(34)30-23-10-5-3-6-11-23)31(19-21-15-16-22(28)18-25(21)29)26(33)14-9-17-32(37(2,35)36)24-12-7-4-8-13-24/h4,7-8,12-13,15-16,18,20,23H,3,5-6,9-11,14,17,19H2,1-2H3,(H,30,34)/t20-/m1/s1. The van der Waals surface area contributed by atoms with Gasteiger partial charge >= 0.3 is 0 Å². The molecule has 0 saturated heterocycles. The van der Waals surface area contributed by atoms with Crippen molar-refractivity contribution >= 4 is 50.7 Å². The van der Waals surface area contributed by atoms with Gasteiger partial charge in [-0.3, -0.25) is 13.9 Å². The van der Waals surface area contributed by atoms with Crippen LogP contribution in [0.5, 0.6) is 0 Å². The summed E-state index contributed by atoms with van der Waals surface area (Å²) in [6.07, 6.45) is 6.74. The third-order valence-electron chi connectivity index (χ3n) is 6.67. The lowest BCUT2D eigenvalue weighted by Gasteiger charge is -2.32. The topological polar surface area (TPSA) is 86.8 Å². The van der Waals surface area contributed by atoms with Crippen LogP contribution in [0.25, 0.3) is 0 Å². The Balaban J connectivity index is 1.73. The lowest BCUT2D eigenvalue weighted by atomic mass is 9.95. The van der Waals surface area contributed by atoms with Gasteiger partial charge in [-0.2, -0.15) is 0 Å². The molecule has 202 valence electrons. The first-order valence-corrected chi connectivity index (χ1v) is 15.2. The molecule has 2 aromatic carbocycles. The van der Waals surface area contributed by atoms with Crippen LogP contribution in [0, 0.1) is 0 Å². The molecule has 1 fully saturated rings. The van der Waals surface area contributed by atoms with Crippen molar-refractivity contribution in [3.8, 4) is 0 Å². The van der Waals surface area contributed by atoms with Gasteiger partial charge in [-0.1, -0.05) is 66.7 Å². The number of benzene rings is 2. The highest BCUT2D eigenvalue weighted by Crippen LogP contribution is 2.25. The fourth-order valence-corrected chi connectivity index (χ4v) is 6.02. The van der Waals surface area contributed by atoms with Crippen LogP contribution in [-0.2, 0) is 26.2 Å². The van der Waals surface area contributed by atoms with Gasteiger partial charge in [0.05, 0.1) is 11.9 Å². The van der Waals surface area contributed by atoms with Crippen molar-refractivity contribution < 1.29 is 18.0 Å². The van der Waals surface area contributed by atoms with Crippen molar-refractivity contribution in [3.05, 3.63) is 64.1 Å². The Morgan fingerprint density at radius 2 is 1.73 bits per heavy atom. The molecule has 10 heteroatoms. The number of amides is 2. The quantitative estimate of drug-likeness (QED) is 0.393. The minimum Gasteiger partial charge on any atom is -0.352 e. The maximum Gasteiger partial charge on any atom is 0.242 e. The monoisotopic (exact) mass is 567 g/mol. The molecule has 0 aromatic heterocycles. The summed E-state index contributed by atoms with van der Waals surface area (Å²) in [6, 6.07) is 13.2. The summed E-state index contributed by atoms with van der Waals surface area (Å²) in [5.41, 5.74) is 1.22. The number of anilines is 1. The molecule has 2 aromatic rings. The molecule has 0 bridgehead atoms. The van der Waals surface area contributed by atoms with Crippen molar-refractivity contribution in [1.82, 2.24) is 10.2 Å². The van der Waals surface area contributed by atoms with Crippen molar-refractivity contribution in [1.29, 1.82) is 0 Å². The molecule has 2 amide bonds. The van der Waals surface area contributed by atoms with Crippen LogP contribution in [0.3, 0.4) is 0 Å². The SMILES string of the molecule is C[C@H](C(=O)NC1CCCCC1)N(Cc1ccc(Cl)cc1Cl)C(=O)CCCN(c1ccccc1)S(C)(=O)=O. The summed E-state index contributed by atoms with van der Waals surface area (Å²) >= 11 is 12.4. The molecular weight excluding hydrogens is 533 g/mol. The number of sulfonamides is 1. The number of hydrogen-bond donors (Lipinski definition) is 1. The van der Waals surface area contributed by atoms with Gasteiger partial charge in [0.25, 0.3) is 0 Å². The Hall–Kier alpha value is -2.29. The summed E-state index contributed by atoms with van der Waals surface area (Å²) in [5, 5.41) is 4.00. The van der Waals surface area contributed by atoms with E-state index in [-0.39, 0.29) is 37.4 Å². The smallest absolute Gasteiger partial charge is 0.242 e. The summed E-state index contributed by atoms with van der Waals surface area (Å²) in [5.74, 6) is -0.453. The Morgan fingerprint density at radius 1 is 1.05 bits per heavy atom. The zero-order chi connectivity index (χ0) is 27.0. The van der Waals surface area contributed by atoms with Crippen LogP contribution in [0.1, 0.15) is 57.4 Å². The second-order valence-electron chi connectivity index (χ2n) is 9.55. The van der Waals surface area contributed by atoms with Crippen LogP contribution in [0.2, 0.25) is 10.0 Å². The van der Waals surface area contributed by atoms with E-state index in [1.54, 1.807) is 49.4 Å². The van der Waals surface area contributed by atoms with Gasteiger partial charge in [0.2, 0.25) is 21.8 Å². The van der Waals surface area contributed by atoms with E-state index in [1.807, 2.05) is 6.07 Å². The van der Waals surface area contributed by atoms with Crippen LogP contribution >= 0.6 is 23.2 Å². The highest BCUT2D eigenvalue weighted by atomic mass is 35.5. The molecule has 1 atom stereocenters. The molecule has 0 heterocycles. The van der Waals surface area contributed by atoms with Gasteiger partial charge in [0.15, 0.2) is 0 Å². The van der Waals surface area contributed by atoms with Gasteiger partial charge in [-0.25, -0.2) is 8.42 Å². The van der Waals surface area contributed by atoms with E-state index in [4.69, 9.17) is 23.2 Å². The average Bonchev–Trinajstić information content (AvgIpc) is 2.86. The molecule has 1 N–H and O–H groups in total. The highest BCUT2D eigenvalue weighted by molar-refractivity contribution is 7.92. The van der Waals surface area contributed by atoms with E-state index < -0.39 is 16.1 Å². The van der Waals surface area contributed by atoms with Gasteiger partial charge < -0.3 is 10.2 Å². The first kappa shape index (κ1) is 29.3. The summed E-state index contributed by atoms with van der Waals surface area (Å²) in [7, 11) is -3.53. The Morgan fingerprint density at radius 3 is 2.35 bits per heavy atom. The average molecular weight is 569 g/mol. The number of para-hydroxylation sites is 1. The molecule has 1 aliphatic carbocycles. The summed E-state index contributed by atoms with van der Waals surface area (Å²) in [4.78, 5) is 28.1. The number of carbonyl (C=O) groups excluding carboxylic acids is 2. The molecule has 1 aliphatic rings. The zero-order valence-corrected chi connectivity index (χ0v) is 23.7. The summed E-state index contributed by atoms with van der Waals surface area (Å²) < 4.78 is 26.1. The molecule has 7 nitrogen and oxygen atoms in total. The van der Waals surface area contributed by atoms with E-state index in [2.05, 4.69) is 5.32 Å². The van der Waals surface area contributed by atoms with Gasteiger partial charge in [0, 0.05) is 35.6 Å². The van der Waals surface area contributed by atoms with Crippen LogP contribution in [0.4, 0.5) is 5.69 Å². The van der Waals surface area contributed by atoms with E-state index in [9.17, 15) is 18.0 Å². The normalized spacial score (nSPS) is 15.1. The third-order valence-corrected chi connectivity index (χ3v) is 8.45. The van der Waals surface area contributed by atoms with Crippen LogP contribution in [0.15, 0.2) is 48.5 Å². The first-order valence-electron chi connectivity index (χ1n) is 12.6. The van der Waals surface area contributed by atoms with Crippen molar-refractivity contribution in [2.75, 3.05) is 17.1 Å². The third kappa shape index (κ3) is 8.62. The fourth-order valence-electron chi connectivity index (χ4n) is 4.58. The number of nitrogens with zero attached hydrogens (tertiary/aromatic N) is 2. The molecule has 0 unspecified atom stereocenters. The van der Waals surface area contributed by atoms with E-state index >= 15 is 0 Å². The Kier molecular flexibility index (Phi) is 10.7. The molecule has 3 rings (SSSR count). The largest absolute Gasteiger partial charge is 0.352 e.